The number of pyridine rings is 1. The fourth-order valence-corrected chi connectivity index (χ4v) is 4.03. The second-order valence-electron chi connectivity index (χ2n) is 7.61. The van der Waals surface area contributed by atoms with E-state index in [-0.39, 0.29) is 29.6 Å². The molecule has 2 heterocycles. The van der Waals surface area contributed by atoms with Gasteiger partial charge in [0.15, 0.2) is 0 Å². The number of nitrogens with zero attached hydrogens (tertiary/aromatic N) is 2. The highest BCUT2D eigenvalue weighted by molar-refractivity contribution is 5.98. The van der Waals surface area contributed by atoms with Gasteiger partial charge < -0.3 is 10.6 Å². The van der Waals surface area contributed by atoms with Crippen LogP contribution in [0.25, 0.3) is 10.9 Å². The molecule has 1 unspecified atom stereocenters. The monoisotopic (exact) mass is 409 g/mol. The summed E-state index contributed by atoms with van der Waals surface area (Å²) in [5, 5.41) is 0.502. The standard InChI is InChI=1S/C23H21F2N3O2/c24-17-5-1-3-14(9-17)10-21(29)28-8-2-4-15(13-28)22-19(23(26)30)12-16-11-18(25)6-7-20(16)27-22/h1,3,5-7,9,11-12,15H,2,4,8,10,13H2,(H2,26,30). The molecule has 4 rings (SSSR count). The van der Waals surface area contributed by atoms with E-state index in [4.69, 9.17) is 5.73 Å². The average molecular weight is 409 g/mol. The van der Waals surface area contributed by atoms with Gasteiger partial charge >= 0.3 is 0 Å². The van der Waals surface area contributed by atoms with Crippen LogP contribution in [-0.2, 0) is 11.2 Å². The summed E-state index contributed by atoms with van der Waals surface area (Å²) in [4.78, 5) is 31.1. The Balaban J connectivity index is 1.60. The van der Waals surface area contributed by atoms with Gasteiger partial charge in [-0.2, -0.15) is 0 Å². The summed E-state index contributed by atoms with van der Waals surface area (Å²) in [6, 6.07) is 11.8. The number of hydrogen-bond donors (Lipinski definition) is 1. The zero-order valence-corrected chi connectivity index (χ0v) is 16.3. The molecule has 2 N–H and O–H groups in total. The lowest BCUT2D eigenvalue weighted by molar-refractivity contribution is -0.131. The van der Waals surface area contributed by atoms with Crippen molar-refractivity contribution >= 4 is 22.7 Å². The van der Waals surface area contributed by atoms with Gasteiger partial charge in [0.1, 0.15) is 11.6 Å². The minimum atomic E-state index is -0.633. The van der Waals surface area contributed by atoms with Gasteiger partial charge in [0.2, 0.25) is 5.91 Å². The maximum Gasteiger partial charge on any atom is 0.250 e. The number of benzene rings is 2. The number of carbonyl (C=O) groups is 2. The van der Waals surface area contributed by atoms with Crippen molar-refractivity contribution in [1.82, 2.24) is 9.88 Å². The lowest BCUT2D eigenvalue weighted by Gasteiger charge is -2.33. The summed E-state index contributed by atoms with van der Waals surface area (Å²) in [5.41, 5.74) is 7.54. The predicted octanol–water partition coefficient (Wildman–Crippen LogP) is 3.56. The van der Waals surface area contributed by atoms with Crippen LogP contribution >= 0.6 is 0 Å². The van der Waals surface area contributed by atoms with Gasteiger partial charge in [-0.05, 0) is 54.8 Å². The van der Waals surface area contributed by atoms with Crippen LogP contribution in [0.1, 0.15) is 40.4 Å². The number of rotatable bonds is 4. The highest BCUT2D eigenvalue weighted by atomic mass is 19.1. The molecule has 1 aromatic heterocycles. The van der Waals surface area contributed by atoms with E-state index in [2.05, 4.69) is 4.98 Å². The second kappa shape index (κ2) is 8.18. The summed E-state index contributed by atoms with van der Waals surface area (Å²) in [6.07, 6.45) is 1.61. The minimum absolute atomic E-state index is 0.103. The lowest BCUT2D eigenvalue weighted by Crippen LogP contribution is -2.40. The molecule has 0 bridgehead atoms. The molecule has 0 aliphatic carbocycles. The van der Waals surface area contributed by atoms with Gasteiger partial charge in [-0.15, -0.1) is 0 Å². The first kappa shape index (κ1) is 19.9. The zero-order valence-electron chi connectivity index (χ0n) is 16.3. The molecule has 7 heteroatoms. The van der Waals surface area contributed by atoms with Crippen LogP contribution in [0.3, 0.4) is 0 Å². The number of amides is 2. The molecule has 2 aromatic carbocycles. The largest absolute Gasteiger partial charge is 0.366 e. The Kier molecular flexibility index (Phi) is 5.44. The number of primary amides is 1. The molecule has 2 amide bonds. The molecule has 0 spiro atoms. The molecular formula is C23H21F2N3O2. The zero-order chi connectivity index (χ0) is 21.3. The first-order chi connectivity index (χ1) is 14.4. The van der Waals surface area contributed by atoms with Gasteiger partial charge in [-0.1, -0.05) is 12.1 Å². The SMILES string of the molecule is NC(=O)c1cc2cc(F)ccc2nc1C1CCCN(C(=O)Cc2cccc(F)c2)C1. The van der Waals surface area contributed by atoms with Crippen molar-refractivity contribution in [3.8, 4) is 0 Å². The number of fused-ring (bicyclic) bond motifs is 1. The molecule has 0 saturated carbocycles. The number of carbonyl (C=O) groups excluding carboxylic acids is 2. The number of aromatic nitrogens is 1. The Morgan fingerprint density at radius 3 is 2.67 bits per heavy atom. The second-order valence-corrected chi connectivity index (χ2v) is 7.61. The third-order valence-electron chi connectivity index (χ3n) is 5.48. The minimum Gasteiger partial charge on any atom is -0.366 e. The van der Waals surface area contributed by atoms with E-state index in [9.17, 15) is 18.4 Å². The molecule has 1 aliphatic heterocycles. The Morgan fingerprint density at radius 2 is 1.90 bits per heavy atom. The molecule has 1 atom stereocenters. The summed E-state index contributed by atoms with van der Waals surface area (Å²) >= 11 is 0. The first-order valence-electron chi connectivity index (χ1n) is 9.83. The predicted molar refractivity (Wildman–Crippen MR) is 109 cm³/mol. The topological polar surface area (TPSA) is 76.3 Å². The molecule has 5 nitrogen and oxygen atoms in total. The van der Waals surface area contributed by atoms with Crippen LogP contribution in [0.15, 0.2) is 48.5 Å². The van der Waals surface area contributed by atoms with Gasteiger partial charge in [-0.25, -0.2) is 8.78 Å². The third kappa shape index (κ3) is 4.15. The maximum absolute atomic E-state index is 13.6. The smallest absolute Gasteiger partial charge is 0.250 e. The van der Waals surface area contributed by atoms with Gasteiger partial charge in [0.25, 0.3) is 5.91 Å². The van der Waals surface area contributed by atoms with Crippen LogP contribution < -0.4 is 5.73 Å². The number of piperidine rings is 1. The van der Waals surface area contributed by atoms with E-state index in [1.54, 1.807) is 29.2 Å². The number of nitrogens with two attached hydrogens (primary N) is 1. The number of halogens is 2. The van der Waals surface area contributed by atoms with E-state index in [0.717, 1.165) is 12.8 Å². The molecule has 1 aliphatic rings. The number of hydrogen-bond acceptors (Lipinski definition) is 3. The van der Waals surface area contributed by atoms with Crippen LogP contribution in [-0.4, -0.2) is 34.8 Å². The first-order valence-corrected chi connectivity index (χ1v) is 9.83. The molecular weight excluding hydrogens is 388 g/mol. The highest BCUT2D eigenvalue weighted by Gasteiger charge is 2.28. The van der Waals surface area contributed by atoms with E-state index in [0.29, 0.717) is 35.2 Å². The van der Waals surface area contributed by atoms with Crippen molar-refractivity contribution in [1.29, 1.82) is 0 Å². The van der Waals surface area contributed by atoms with Crippen molar-refractivity contribution < 1.29 is 18.4 Å². The lowest BCUT2D eigenvalue weighted by atomic mass is 9.90. The molecule has 3 aromatic rings. The van der Waals surface area contributed by atoms with E-state index in [1.165, 1.54) is 24.3 Å². The van der Waals surface area contributed by atoms with Crippen LogP contribution in [0, 0.1) is 11.6 Å². The molecule has 1 saturated heterocycles. The van der Waals surface area contributed by atoms with Crippen molar-refractivity contribution in [2.24, 2.45) is 5.73 Å². The summed E-state index contributed by atoms with van der Waals surface area (Å²) in [5.74, 6) is -1.69. The van der Waals surface area contributed by atoms with Crippen LogP contribution in [0.2, 0.25) is 0 Å². The molecule has 30 heavy (non-hydrogen) atoms. The molecule has 154 valence electrons. The van der Waals surface area contributed by atoms with E-state index < -0.39 is 11.7 Å². The average Bonchev–Trinajstić information content (AvgIpc) is 2.72. The van der Waals surface area contributed by atoms with Crippen molar-refractivity contribution in [2.45, 2.75) is 25.2 Å². The Morgan fingerprint density at radius 1 is 1.10 bits per heavy atom. The van der Waals surface area contributed by atoms with Crippen molar-refractivity contribution in [3.05, 3.63) is 77.0 Å². The Hall–Kier alpha value is -3.35. The normalized spacial score (nSPS) is 16.6. The van der Waals surface area contributed by atoms with Crippen LogP contribution in [0.4, 0.5) is 8.78 Å². The van der Waals surface area contributed by atoms with Gasteiger partial charge in [0, 0.05) is 24.4 Å². The number of likely N-dealkylation sites (tertiary alicyclic amines) is 1. The fourth-order valence-electron chi connectivity index (χ4n) is 4.03. The van der Waals surface area contributed by atoms with E-state index in [1.807, 2.05) is 0 Å². The third-order valence-corrected chi connectivity index (χ3v) is 5.48. The van der Waals surface area contributed by atoms with Crippen LogP contribution in [0.5, 0.6) is 0 Å². The maximum atomic E-state index is 13.6. The van der Waals surface area contributed by atoms with Gasteiger partial charge in [-0.3, -0.25) is 14.6 Å². The highest BCUT2D eigenvalue weighted by Crippen LogP contribution is 2.30. The molecule has 0 radical (unpaired) electrons. The quantitative estimate of drug-likeness (QED) is 0.716. The van der Waals surface area contributed by atoms with Crippen molar-refractivity contribution in [3.63, 3.8) is 0 Å². The van der Waals surface area contributed by atoms with Crippen molar-refractivity contribution in [2.75, 3.05) is 13.1 Å². The molecule has 1 fully saturated rings. The summed E-state index contributed by atoms with van der Waals surface area (Å²) < 4.78 is 27.0. The summed E-state index contributed by atoms with van der Waals surface area (Å²) in [6.45, 7) is 0.990. The van der Waals surface area contributed by atoms with Gasteiger partial charge in [0.05, 0.1) is 23.2 Å². The fraction of sp³-hybridized carbons (Fsp3) is 0.261. The Labute approximate surface area is 172 Å². The Bertz CT molecular complexity index is 1130. The van der Waals surface area contributed by atoms with E-state index >= 15 is 0 Å². The summed E-state index contributed by atoms with van der Waals surface area (Å²) in [7, 11) is 0.